The Hall–Kier alpha value is -3.09. The SMILES string of the molecule is Cc1ccc(OCn2ccc(C(=O)N(C)Cc3ccn(C)n3)n2)c(C)c1. The van der Waals surface area contributed by atoms with Crippen LogP contribution in [0.25, 0.3) is 0 Å². The van der Waals surface area contributed by atoms with Gasteiger partial charge in [0.05, 0.1) is 12.2 Å². The number of carbonyl (C=O) groups is 1. The molecule has 0 aliphatic rings. The molecule has 2 heterocycles. The third-order valence-electron chi connectivity index (χ3n) is 4.06. The maximum absolute atomic E-state index is 12.5. The zero-order chi connectivity index (χ0) is 18.7. The highest BCUT2D eigenvalue weighted by atomic mass is 16.5. The Kier molecular flexibility index (Phi) is 5.06. The Bertz CT molecular complexity index is 912. The van der Waals surface area contributed by atoms with Crippen LogP contribution in [-0.4, -0.2) is 37.4 Å². The lowest BCUT2D eigenvalue weighted by atomic mass is 10.1. The van der Waals surface area contributed by atoms with Crippen molar-refractivity contribution in [1.29, 1.82) is 0 Å². The van der Waals surface area contributed by atoms with Crippen LogP contribution in [-0.2, 0) is 20.3 Å². The summed E-state index contributed by atoms with van der Waals surface area (Å²) in [4.78, 5) is 14.1. The monoisotopic (exact) mass is 353 g/mol. The molecular formula is C19H23N5O2. The lowest BCUT2D eigenvalue weighted by Gasteiger charge is -2.14. The first-order valence-electron chi connectivity index (χ1n) is 8.40. The second-order valence-electron chi connectivity index (χ2n) is 6.42. The number of amides is 1. The van der Waals surface area contributed by atoms with Gasteiger partial charge in [0, 0.05) is 26.5 Å². The third-order valence-corrected chi connectivity index (χ3v) is 4.06. The van der Waals surface area contributed by atoms with E-state index < -0.39 is 0 Å². The summed E-state index contributed by atoms with van der Waals surface area (Å²) < 4.78 is 9.12. The molecule has 0 atom stereocenters. The third kappa shape index (κ3) is 4.11. The fraction of sp³-hybridized carbons (Fsp3) is 0.316. The van der Waals surface area contributed by atoms with Crippen LogP contribution < -0.4 is 4.74 Å². The lowest BCUT2D eigenvalue weighted by Crippen LogP contribution is -2.27. The van der Waals surface area contributed by atoms with E-state index in [9.17, 15) is 4.79 Å². The molecule has 2 aromatic heterocycles. The van der Waals surface area contributed by atoms with E-state index in [1.165, 1.54) is 5.56 Å². The summed E-state index contributed by atoms with van der Waals surface area (Å²) in [6.07, 6.45) is 3.60. The molecule has 0 unspecified atom stereocenters. The van der Waals surface area contributed by atoms with Crippen molar-refractivity contribution >= 4 is 5.91 Å². The maximum atomic E-state index is 12.5. The molecule has 0 N–H and O–H groups in total. The normalized spacial score (nSPS) is 10.8. The molecular weight excluding hydrogens is 330 g/mol. The van der Waals surface area contributed by atoms with Gasteiger partial charge in [0.2, 0.25) is 0 Å². The second-order valence-corrected chi connectivity index (χ2v) is 6.42. The predicted molar refractivity (Wildman–Crippen MR) is 97.8 cm³/mol. The number of aryl methyl sites for hydroxylation is 3. The number of benzene rings is 1. The maximum Gasteiger partial charge on any atom is 0.274 e. The molecule has 3 rings (SSSR count). The molecule has 3 aromatic rings. The summed E-state index contributed by atoms with van der Waals surface area (Å²) in [6, 6.07) is 9.61. The van der Waals surface area contributed by atoms with Crippen LogP contribution in [0.3, 0.4) is 0 Å². The molecule has 1 amide bonds. The number of hydrogen-bond donors (Lipinski definition) is 0. The molecule has 0 aliphatic heterocycles. The Morgan fingerprint density at radius 3 is 2.65 bits per heavy atom. The van der Waals surface area contributed by atoms with Crippen LogP contribution in [0.1, 0.15) is 27.3 Å². The quantitative estimate of drug-likeness (QED) is 0.683. The first-order chi connectivity index (χ1) is 12.4. The van der Waals surface area contributed by atoms with Crippen molar-refractivity contribution in [2.75, 3.05) is 7.05 Å². The molecule has 0 fully saturated rings. The highest BCUT2D eigenvalue weighted by Gasteiger charge is 2.16. The standard InChI is InChI=1S/C19H23N5O2/c1-14-5-6-18(15(2)11-14)26-13-24-10-8-17(21-24)19(25)22(3)12-16-7-9-23(4)20-16/h5-11H,12-13H2,1-4H3. The smallest absolute Gasteiger partial charge is 0.274 e. The fourth-order valence-corrected chi connectivity index (χ4v) is 2.70. The van der Waals surface area contributed by atoms with Gasteiger partial charge in [-0.05, 0) is 37.6 Å². The summed E-state index contributed by atoms with van der Waals surface area (Å²) in [5, 5.41) is 8.60. The molecule has 7 nitrogen and oxygen atoms in total. The van der Waals surface area contributed by atoms with Gasteiger partial charge < -0.3 is 9.64 Å². The number of rotatable bonds is 6. The fourth-order valence-electron chi connectivity index (χ4n) is 2.70. The molecule has 0 aliphatic carbocycles. The van der Waals surface area contributed by atoms with Crippen LogP contribution in [0.2, 0.25) is 0 Å². The second kappa shape index (κ2) is 7.43. The molecule has 0 radical (unpaired) electrons. The summed E-state index contributed by atoms with van der Waals surface area (Å²) in [5.74, 6) is 0.659. The van der Waals surface area contributed by atoms with E-state index in [1.807, 2.05) is 45.3 Å². The van der Waals surface area contributed by atoms with Crippen molar-refractivity contribution in [2.24, 2.45) is 7.05 Å². The summed E-state index contributed by atoms with van der Waals surface area (Å²) in [7, 11) is 3.59. The van der Waals surface area contributed by atoms with Gasteiger partial charge in [-0.15, -0.1) is 0 Å². The Morgan fingerprint density at radius 2 is 1.96 bits per heavy atom. The summed E-state index contributed by atoms with van der Waals surface area (Å²) >= 11 is 0. The van der Waals surface area contributed by atoms with Gasteiger partial charge in [0.15, 0.2) is 12.4 Å². The molecule has 0 saturated heterocycles. The first-order valence-corrected chi connectivity index (χ1v) is 8.40. The Balaban J connectivity index is 1.60. The number of hydrogen-bond acceptors (Lipinski definition) is 4. The predicted octanol–water partition coefficient (Wildman–Crippen LogP) is 2.54. The van der Waals surface area contributed by atoms with Crippen LogP contribution in [0.15, 0.2) is 42.7 Å². The summed E-state index contributed by atoms with van der Waals surface area (Å²) in [6.45, 7) is 4.74. The molecule has 0 spiro atoms. The van der Waals surface area contributed by atoms with Crippen molar-refractivity contribution in [2.45, 2.75) is 27.1 Å². The minimum absolute atomic E-state index is 0.152. The van der Waals surface area contributed by atoms with Crippen LogP contribution >= 0.6 is 0 Å². The van der Waals surface area contributed by atoms with E-state index in [2.05, 4.69) is 16.3 Å². The number of aromatic nitrogens is 4. The van der Waals surface area contributed by atoms with Crippen molar-refractivity contribution in [3.8, 4) is 5.75 Å². The average molecular weight is 353 g/mol. The highest BCUT2D eigenvalue weighted by Crippen LogP contribution is 2.19. The van der Waals surface area contributed by atoms with Gasteiger partial charge in [0.1, 0.15) is 5.75 Å². The largest absolute Gasteiger partial charge is 0.471 e. The van der Waals surface area contributed by atoms with Gasteiger partial charge in [-0.3, -0.25) is 9.48 Å². The zero-order valence-corrected chi connectivity index (χ0v) is 15.5. The molecule has 7 heteroatoms. The van der Waals surface area contributed by atoms with Gasteiger partial charge in [-0.25, -0.2) is 4.68 Å². The minimum Gasteiger partial charge on any atom is -0.471 e. The van der Waals surface area contributed by atoms with Crippen LogP contribution in [0, 0.1) is 13.8 Å². The molecule has 136 valence electrons. The number of nitrogens with zero attached hydrogens (tertiary/aromatic N) is 5. The average Bonchev–Trinajstić information content (AvgIpc) is 3.22. The molecule has 0 bridgehead atoms. The van der Waals surface area contributed by atoms with E-state index in [0.29, 0.717) is 12.2 Å². The van der Waals surface area contributed by atoms with Crippen LogP contribution in [0.5, 0.6) is 5.75 Å². The zero-order valence-electron chi connectivity index (χ0n) is 15.5. The highest BCUT2D eigenvalue weighted by molar-refractivity contribution is 5.91. The van der Waals surface area contributed by atoms with Gasteiger partial charge in [-0.1, -0.05) is 17.7 Å². The molecule has 0 saturated carbocycles. The topological polar surface area (TPSA) is 65.2 Å². The number of ether oxygens (including phenoxy) is 1. The first kappa shape index (κ1) is 17.7. The van der Waals surface area contributed by atoms with Crippen LogP contribution in [0.4, 0.5) is 0 Å². The van der Waals surface area contributed by atoms with Gasteiger partial charge in [0.25, 0.3) is 5.91 Å². The van der Waals surface area contributed by atoms with Crippen molar-refractivity contribution < 1.29 is 9.53 Å². The van der Waals surface area contributed by atoms with Crippen molar-refractivity contribution in [3.63, 3.8) is 0 Å². The minimum atomic E-state index is -0.152. The van der Waals surface area contributed by atoms with Gasteiger partial charge >= 0.3 is 0 Å². The van der Waals surface area contributed by atoms with E-state index in [0.717, 1.165) is 17.0 Å². The van der Waals surface area contributed by atoms with Gasteiger partial charge in [-0.2, -0.15) is 10.2 Å². The number of carbonyl (C=O) groups excluding carboxylic acids is 1. The van der Waals surface area contributed by atoms with Crippen molar-refractivity contribution in [1.82, 2.24) is 24.5 Å². The Morgan fingerprint density at radius 1 is 1.15 bits per heavy atom. The van der Waals surface area contributed by atoms with Crippen molar-refractivity contribution in [3.05, 3.63) is 65.2 Å². The lowest BCUT2D eigenvalue weighted by molar-refractivity contribution is 0.0775. The van der Waals surface area contributed by atoms with E-state index in [1.54, 1.807) is 33.6 Å². The summed E-state index contributed by atoms with van der Waals surface area (Å²) in [5.41, 5.74) is 3.48. The van der Waals surface area contributed by atoms with E-state index >= 15 is 0 Å². The Labute approximate surface area is 152 Å². The van der Waals surface area contributed by atoms with E-state index in [-0.39, 0.29) is 12.6 Å². The van der Waals surface area contributed by atoms with E-state index in [4.69, 9.17) is 4.74 Å². The molecule has 26 heavy (non-hydrogen) atoms. The molecule has 1 aromatic carbocycles.